The molecule has 0 radical (unpaired) electrons. The van der Waals surface area contributed by atoms with Gasteiger partial charge in [-0.25, -0.2) is 0 Å². The summed E-state index contributed by atoms with van der Waals surface area (Å²) in [5.74, 6) is 0.133. The maximum atomic E-state index is 13.3. The van der Waals surface area contributed by atoms with E-state index in [1.165, 1.54) is 11.1 Å². The number of likely N-dealkylation sites (tertiary alicyclic amines) is 1. The van der Waals surface area contributed by atoms with E-state index in [-0.39, 0.29) is 11.3 Å². The SMILES string of the molecule is CCN1CCC2(CC1)CN(C(=O)c1cccc(C)c1)c1ccc(C)cc12. The van der Waals surface area contributed by atoms with E-state index in [0.717, 1.165) is 55.8 Å². The minimum Gasteiger partial charge on any atom is -0.307 e. The molecule has 136 valence electrons. The monoisotopic (exact) mass is 348 g/mol. The fourth-order valence-corrected chi connectivity index (χ4v) is 4.62. The maximum Gasteiger partial charge on any atom is 0.258 e. The van der Waals surface area contributed by atoms with Gasteiger partial charge in [0.1, 0.15) is 0 Å². The van der Waals surface area contributed by atoms with E-state index in [2.05, 4.69) is 36.9 Å². The van der Waals surface area contributed by atoms with Crippen molar-refractivity contribution in [3.8, 4) is 0 Å². The van der Waals surface area contributed by atoms with Gasteiger partial charge >= 0.3 is 0 Å². The van der Waals surface area contributed by atoms with Crippen LogP contribution in [0.5, 0.6) is 0 Å². The Balaban J connectivity index is 1.72. The lowest BCUT2D eigenvalue weighted by Gasteiger charge is -2.39. The van der Waals surface area contributed by atoms with E-state index in [1.54, 1.807) is 0 Å². The predicted molar refractivity (Wildman–Crippen MR) is 107 cm³/mol. The van der Waals surface area contributed by atoms with Crippen LogP contribution < -0.4 is 4.90 Å². The van der Waals surface area contributed by atoms with Crippen molar-refractivity contribution in [1.82, 2.24) is 4.90 Å². The van der Waals surface area contributed by atoms with Gasteiger partial charge in [0.15, 0.2) is 0 Å². The Morgan fingerprint density at radius 1 is 1.04 bits per heavy atom. The molecule has 2 aromatic carbocycles. The first kappa shape index (κ1) is 17.3. The molecule has 1 saturated heterocycles. The number of hydrogen-bond acceptors (Lipinski definition) is 2. The Labute approximate surface area is 156 Å². The normalized spacial score (nSPS) is 19.0. The van der Waals surface area contributed by atoms with Gasteiger partial charge in [0.05, 0.1) is 0 Å². The molecular weight excluding hydrogens is 320 g/mol. The second kappa shape index (κ2) is 6.55. The zero-order valence-corrected chi connectivity index (χ0v) is 16.1. The third-order valence-electron chi connectivity index (χ3n) is 6.25. The smallest absolute Gasteiger partial charge is 0.258 e. The predicted octanol–water partition coefficient (Wildman–Crippen LogP) is 4.32. The standard InChI is InChI=1S/C23H28N2O/c1-4-24-12-10-23(11-13-24)16-25(21-9-8-18(3)15-20(21)23)22(26)19-7-5-6-17(2)14-19/h5-9,14-15H,4,10-13,16H2,1-3H3. The summed E-state index contributed by atoms with van der Waals surface area (Å²) in [4.78, 5) is 17.9. The van der Waals surface area contributed by atoms with Crippen LogP contribution in [0.2, 0.25) is 0 Å². The highest BCUT2D eigenvalue weighted by atomic mass is 16.2. The molecule has 4 rings (SSSR count). The van der Waals surface area contributed by atoms with E-state index >= 15 is 0 Å². The van der Waals surface area contributed by atoms with Crippen molar-refractivity contribution < 1.29 is 4.79 Å². The number of hydrogen-bond donors (Lipinski definition) is 0. The van der Waals surface area contributed by atoms with Gasteiger partial charge in [0, 0.05) is 23.2 Å². The largest absolute Gasteiger partial charge is 0.307 e. The number of nitrogens with zero attached hydrogens (tertiary/aromatic N) is 2. The third kappa shape index (κ3) is 2.84. The van der Waals surface area contributed by atoms with Crippen LogP contribution in [0.4, 0.5) is 5.69 Å². The summed E-state index contributed by atoms with van der Waals surface area (Å²) in [6.07, 6.45) is 2.27. The van der Waals surface area contributed by atoms with Gasteiger partial charge in [-0.2, -0.15) is 0 Å². The Morgan fingerprint density at radius 2 is 1.77 bits per heavy atom. The number of amides is 1. The quantitative estimate of drug-likeness (QED) is 0.807. The van der Waals surface area contributed by atoms with Crippen molar-refractivity contribution in [2.45, 2.75) is 39.0 Å². The number of aryl methyl sites for hydroxylation is 2. The lowest BCUT2D eigenvalue weighted by molar-refractivity contribution is 0.0977. The van der Waals surface area contributed by atoms with E-state index < -0.39 is 0 Å². The average Bonchev–Trinajstić information content (AvgIpc) is 2.95. The Morgan fingerprint density at radius 3 is 2.46 bits per heavy atom. The molecule has 0 bridgehead atoms. The van der Waals surface area contributed by atoms with Crippen molar-refractivity contribution in [2.24, 2.45) is 0 Å². The first-order valence-electron chi connectivity index (χ1n) is 9.74. The Kier molecular flexibility index (Phi) is 4.36. The second-order valence-electron chi connectivity index (χ2n) is 8.00. The molecule has 0 aliphatic carbocycles. The molecule has 3 heteroatoms. The first-order chi connectivity index (χ1) is 12.5. The number of carbonyl (C=O) groups excluding carboxylic acids is 1. The van der Waals surface area contributed by atoms with Gasteiger partial charge in [0.2, 0.25) is 0 Å². The van der Waals surface area contributed by atoms with Crippen LogP contribution in [0.1, 0.15) is 46.8 Å². The molecular formula is C23H28N2O. The van der Waals surface area contributed by atoms with Crippen LogP contribution in [-0.2, 0) is 5.41 Å². The molecule has 2 aromatic rings. The minimum absolute atomic E-state index is 0.118. The molecule has 1 fully saturated rings. The summed E-state index contributed by atoms with van der Waals surface area (Å²) in [6, 6.07) is 14.6. The van der Waals surface area contributed by atoms with Gasteiger partial charge in [-0.3, -0.25) is 4.79 Å². The van der Waals surface area contributed by atoms with Crippen LogP contribution in [0, 0.1) is 13.8 Å². The van der Waals surface area contributed by atoms with Gasteiger partial charge in [-0.1, -0.05) is 42.3 Å². The number of carbonyl (C=O) groups is 1. The zero-order chi connectivity index (χ0) is 18.3. The Hall–Kier alpha value is -2.13. The number of benzene rings is 2. The van der Waals surface area contributed by atoms with Crippen LogP contribution in [0.25, 0.3) is 0 Å². The molecule has 3 nitrogen and oxygen atoms in total. The lowest BCUT2D eigenvalue weighted by Crippen LogP contribution is -2.46. The number of piperidine rings is 1. The average molecular weight is 348 g/mol. The highest BCUT2D eigenvalue weighted by Gasteiger charge is 2.46. The summed E-state index contributed by atoms with van der Waals surface area (Å²) < 4.78 is 0. The second-order valence-corrected chi connectivity index (χ2v) is 8.00. The summed E-state index contributed by atoms with van der Waals surface area (Å²) >= 11 is 0. The molecule has 0 saturated carbocycles. The van der Waals surface area contributed by atoms with E-state index in [0.29, 0.717) is 0 Å². The molecule has 0 unspecified atom stereocenters. The number of anilines is 1. The van der Waals surface area contributed by atoms with E-state index in [4.69, 9.17) is 0 Å². The van der Waals surface area contributed by atoms with Crippen molar-refractivity contribution in [1.29, 1.82) is 0 Å². The molecule has 0 aromatic heterocycles. The molecule has 0 atom stereocenters. The van der Waals surface area contributed by atoms with Gasteiger partial charge in [-0.05, 0) is 70.1 Å². The molecule has 26 heavy (non-hydrogen) atoms. The van der Waals surface area contributed by atoms with Crippen LogP contribution in [-0.4, -0.2) is 37.0 Å². The summed E-state index contributed by atoms with van der Waals surface area (Å²) in [7, 11) is 0. The number of rotatable bonds is 2. The summed E-state index contributed by atoms with van der Waals surface area (Å²) in [5, 5.41) is 0. The molecule has 0 N–H and O–H groups in total. The van der Waals surface area contributed by atoms with Crippen molar-refractivity contribution in [3.05, 3.63) is 64.7 Å². The highest BCUT2D eigenvalue weighted by molar-refractivity contribution is 6.07. The topological polar surface area (TPSA) is 23.6 Å². The van der Waals surface area contributed by atoms with Crippen LogP contribution in [0.3, 0.4) is 0 Å². The molecule has 2 heterocycles. The van der Waals surface area contributed by atoms with Crippen LogP contribution >= 0.6 is 0 Å². The third-order valence-corrected chi connectivity index (χ3v) is 6.25. The molecule has 1 amide bonds. The van der Waals surface area contributed by atoms with Gasteiger partial charge in [0.25, 0.3) is 5.91 Å². The summed E-state index contributed by atoms with van der Waals surface area (Å²) in [5.41, 5.74) is 5.82. The van der Waals surface area contributed by atoms with Crippen molar-refractivity contribution >= 4 is 11.6 Å². The van der Waals surface area contributed by atoms with E-state index in [1.807, 2.05) is 36.1 Å². The Bertz CT molecular complexity index is 834. The van der Waals surface area contributed by atoms with Crippen molar-refractivity contribution in [2.75, 3.05) is 31.1 Å². The minimum atomic E-state index is 0.118. The lowest BCUT2D eigenvalue weighted by atomic mass is 9.74. The van der Waals surface area contributed by atoms with Crippen LogP contribution in [0.15, 0.2) is 42.5 Å². The molecule has 1 spiro atoms. The fraction of sp³-hybridized carbons (Fsp3) is 0.435. The van der Waals surface area contributed by atoms with E-state index in [9.17, 15) is 4.79 Å². The van der Waals surface area contributed by atoms with Gasteiger partial charge < -0.3 is 9.80 Å². The number of fused-ring (bicyclic) bond motifs is 2. The fourth-order valence-electron chi connectivity index (χ4n) is 4.62. The zero-order valence-electron chi connectivity index (χ0n) is 16.1. The maximum absolute atomic E-state index is 13.3. The van der Waals surface area contributed by atoms with Crippen molar-refractivity contribution in [3.63, 3.8) is 0 Å². The van der Waals surface area contributed by atoms with Gasteiger partial charge in [-0.15, -0.1) is 0 Å². The first-order valence-corrected chi connectivity index (χ1v) is 9.74. The molecule has 2 aliphatic rings. The summed E-state index contributed by atoms with van der Waals surface area (Å²) in [6.45, 7) is 10.6. The molecule has 2 aliphatic heterocycles. The highest BCUT2D eigenvalue weighted by Crippen LogP contribution is 2.47.